The van der Waals surface area contributed by atoms with Crippen molar-refractivity contribution in [3.8, 4) is 16.3 Å². The number of benzene rings is 3. The Morgan fingerprint density at radius 2 is 1.91 bits per heavy atom. The van der Waals surface area contributed by atoms with Crippen LogP contribution in [0.1, 0.15) is 22.8 Å². The molecule has 1 amide bonds. The number of ether oxygens (including phenoxy) is 1. The van der Waals surface area contributed by atoms with Gasteiger partial charge in [-0.2, -0.15) is 0 Å². The van der Waals surface area contributed by atoms with Crippen molar-refractivity contribution >= 4 is 44.1 Å². The Hall–Kier alpha value is -3.77. The number of nitrogens with zero attached hydrogens (tertiary/aromatic N) is 2. The SMILES string of the molecule is CCOc1ccc2ccccc2c1C(=O)Nc1cccc(-c2nc3cccnc3s2)c1C. The van der Waals surface area contributed by atoms with E-state index in [9.17, 15) is 4.79 Å². The summed E-state index contributed by atoms with van der Waals surface area (Å²) >= 11 is 1.54. The number of rotatable bonds is 5. The summed E-state index contributed by atoms with van der Waals surface area (Å²) in [5.74, 6) is 0.381. The predicted molar refractivity (Wildman–Crippen MR) is 131 cm³/mol. The number of carbonyl (C=O) groups is 1. The van der Waals surface area contributed by atoms with Gasteiger partial charge in [0.05, 0.1) is 12.2 Å². The Kier molecular flexibility index (Phi) is 5.29. The summed E-state index contributed by atoms with van der Waals surface area (Å²) in [4.78, 5) is 23.5. The molecule has 0 spiro atoms. The molecule has 5 nitrogen and oxygen atoms in total. The minimum Gasteiger partial charge on any atom is -0.493 e. The largest absolute Gasteiger partial charge is 0.493 e. The van der Waals surface area contributed by atoms with Gasteiger partial charge < -0.3 is 10.1 Å². The fraction of sp³-hybridized carbons (Fsp3) is 0.115. The first-order chi connectivity index (χ1) is 15.7. The standard InChI is InChI=1S/C26H21N3O2S/c1-3-31-22-14-13-17-8-4-5-9-19(17)23(22)24(30)28-20-11-6-10-18(16(20)2)25-29-21-12-7-15-27-26(21)32-25/h4-15H,3H2,1-2H3,(H,28,30). The second-order valence-corrected chi connectivity index (χ2v) is 8.35. The van der Waals surface area contributed by atoms with Gasteiger partial charge in [-0.3, -0.25) is 4.79 Å². The van der Waals surface area contributed by atoms with Crippen LogP contribution in [0.15, 0.2) is 72.9 Å². The van der Waals surface area contributed by atoms with Gasteiger partial charge in [0.25, 0.3) is 5.91 Å². The molecule has 1 N–H and O–H groups in total. The molecular formula is C26H21N3O2S. The zero-order chi connectivity index (χ0) is 22.1. The summed E-state index contributed by atoms with van der Waals surface area (Å²) in [5, 5.41) is 5.84. The van der Waals surface area contributed by atoms with E-state index >= 15 is 0 Å². The summed E-state index contributed by atoms with van der Waals surface area (Å²) < 4.78 is 5.78. The highest BCUT2D eigenvalue weighted by Crippen LogP contribution is 2.35. The third kappa shape index (κ3) is 3.59. The first-order valence-corrected chi connectivity index (χ1v) is 11.2. The average Bonchev–Trinajstić information content (AvgIpc) is 3.24. The van der Waals surface area contributed by atoms with Crippen LogP contribution in [0.25, 0.3) is 31.7 Å². The van der Waals surface area contributed by atoms with Crippen LogP contribution >= 0.6 is 11.3 Å². The second-order valence-electron chi connectivity index (χ2n) is 7.37. The molecule has 2 heterocycles. The first-order valence-electron chi connectivity index (χ1n) is 10.4. The van der Waals surface area contributed by atoms with E-state index in [1.807, 2.05) is 80.6 Å². The van der Waals surface area contributed by atoms with Crippen molar-refractivity contribution in [1.82, 2.24) is 9.97 Å². The number of hydrogen-bond donors (Lipinski definition) is 1. The van der Waals surface area contributed by atoms with Gasteiger partial charge in [-0.25, -0.2) is 9.97 Å². The normalized spacial score (nSPS) is 11.1. The molecule has 5 aromatic rings. The quantitative estimate of drug-likeness (QED) is 0.341. The van der Waals surface area contributed by atoms with Crippen LogP contribution in [0.5, 0.6) is 5.75 Å². The van der Waals surface area contributed by atoms with E-state index in [1.54, 1.807) is 17.5 Å². The van der Waals surface area contributed by atoms with E-state index in [0.29, 0.717) is 17.9 Å². The molecule has 5 rings (SSSR count). The van der Waals surface area contributed by atoms with Crippen molar-refractivity contribution in [2.45, 2.75) is 13.8 Å². The Bertz CT molecular complexity index is 1430. The lowest BCUT2D eigenvalue weighted by Crippen LogP contribution is -2.15. The molecule has 0 unspecified atom stereocenters. The number of anilines is 1. The molecule has 0 saturated heterocycles. The van der Waals surface area contributed by atoms with Gasteiger partial charge in [0.2, 0.25) is 0 Å². The van der Waals surface area contributed by atoms with Crippen LogP contribution in [0, 0.1) is 6.92 Å². The number of pyridine rings is 1. The molecule has 0 aliphatic heterocycles. The molecule has 158 valence electrons. The van der Waals surface area contributed by atoms with E-state index in [1.165, 1.54) is 0 Å². The van der Waals surface area contributed by atoms with Gasteiger partial charge in [0.15, 0.2) is 0 Å². The Morgan fingerprint density at radius 1 is 1.03 bits per heavy atom. The molecular weight excluding hydrogens is 418 g/mol. The minimum atomic E-state index is -0.198. The Balaban J connectivity index is 1.54. The summed E-state index contributed by atoms with van der Waals surface area (Å²) in [5.41, 5.74) is 4.10. The van der Waals surface area contributed by atoms with Gasteiger partial charge in [-0.1, -0.05) is 53.8 Å². The number of thiazole rings is 1. The number of nitrogens with one attached hydrogen (secondary N) is 1. The zero-order valence-corrected chi connectivity index (χ0v) is 18.6. The van der Waals surface area contributed by atoms with Gasteiger partial charge in [-0.05, 0) is 54.4 Å². The number of hydrogen-bond acceptors (Lipinski definition) is 5. The monoisotopic (exact) mass is 439 g/mol. The van der Waals surface area contributed by atoms with Crippen molar-refractivity contribution in [2.75, 3.05) is 11.9 Å². The van der Waals surface area contributed by atoms with E-state index < -0.39 is 0 Å². The molecule has 0 fully saturated rings. The van der Waals surface area contributed by atoms with Crippen LogP contribution < -0.4 is 10.1 Å². The minimum absolute atomic E-state index is 0.198. The summed E-state index contributed by atoms with van der Waals surface area (Å²) in [6.45, 7) is 4.40. The summed E-state index contributed by atoms with van der Waals surface area (Å²) in [6, 6.07) is 21.4. The van der Waals surface area contributed by atoms with Gasteiger partial charge >= 0.3 is 0 Å². The molecule has 32 heavy (non-hydrogen) atoms. The number of aromatic nitrogens is 2. The van der Waals surface area contributed by atoms with Crippen LogP contribution in [-0.4, -0.2) is 22.5 Å². The van der Waals surface area contributed by atoms with E-state index in [-0.39, 0.29) is 5.91 Å². The molecule has 0 bridgehead atoms. The van der Waals surface area contributed by atoms with Crippen molar-refractivity contribution in [3.63, 3.8) is 0 Å². The second kappa shape index (κ2) is 8.40. The lowest BCUT2D eigenvalue weighted by Gasteiger charge is -2.15. The maximum atomic E-state index is 13.5. The molecule has 0 saturated carbocycles. The van der Waals surface area contributed by atoms with Crippen molar-refractivity contribution in [2.24, 2.45) is 0 Å². The number of fused-ring (bicyclic) bond motifs is 2. The molecule has 6 heteroatoms. The smallest absolute Gasteiger partial charge is 0.260 e. The van der Waals surface area contributed by atoms with Crippen molar-refractivity contribution in [1.29, 1.82) is 0 Å². The highest BCUT2D eigenvalue weighted by Gasteiger charge is 2.19. The third-order valence-electron chi connectivity index (χ3n) is 5.40. The molecule has 2 aromatic heterocycles. The maximum absolute atomic E-state index is 13.5. The van der Waals surface area contributed by atoms with Gasteiger partial charge in [-0.15, -0.1) is 0 Å². The van der Waals surface area contributed by atoms with Crippen LogP contribution in [-0.2, 0) is 0 Å². The summed E-state index contributed by atoms with van der Waals surface area (Å²) in [6.07, 6.45) is 1.77. The zero-order valence-electron chi connectivity index (χ0n) is 17.8. The third-order valence-corrected chi connectivity index (χ3v) is 6.41. The average molecular weight is 440 g/mol. The van der Waals surface area contributed by atoms with Crippen LogP contribution in [0.4, 0.5) is 5.69 Å². The fourth-order valence-electron chi connectivity index (χ4n) is 3.83. The summed E-state index contributed by atoms with van der Waals surface area (Å²) in [7, 11) is 0. The first kappa shape index (κ1) is 20.2. The maximum Gasteiger partial charge on any atom is 0.260 e. The van der Waals surface area contributed by atoms with Crippen LogP contribution in [0.2, 0.25) is 0 Å². The lowest BCUT2D eigenvalue weighted by molar-refractivity contribution is 0.102. The molecule has 0 aliphatic rings. The van der Waals surface area contributed by atoms with E-state index in [0.717, 1.165) is 42.9 Å². The van der Waals surface area contributed by atoms with Gasteiger partial charge in [0, 0.05) is 17.4 Å². The van der Waals surface area contributed by atoms with Gasteiger partial charge in [0.1, 0.15) is 21.1 Å². The Morgan fingerprint density at radius 3 is 2.75 bits per heavy atom. The van der Waals surface area contributed by atoms with Crippen molar-refractivity contribution < 1.29 is 9.53 Å². The topological polar surface area (TPSA) is 64.1 Å². The molecule has 0 aliphatic carbocycles. The lowest BCUT2D eigenvalue weighted by atomic mass is 10.0. The number of amides is 1. The number of carbonyl (C=O) groups excluding carboxylic acids is 1. The molecule has 0 atom stereocenters. The van der Waals surface area contributed by atoms with E-state index in [2.05, 4.69) is 10.3 Å². The highest BCUT2D eigenvalue weighted by atomic mass is 32.1. The highest BCUT2D eigenvalue weighted by molar-refractivity contribution is 7.21. The predicted octanol–water partition coefficient (Wildman–Crippen LogP) is 6.47. The fourth-order valence-corrected chi connectivity index (χ4v) is 4.82. The Labute approximate surface area is 189 Å². The molecule has 0 radical (unpaired) electrons. The van der Waals surface area contributed by atoms with E-state index in [4.69, 9.17) is 9.72 Å². The van der Waals surface area contributed by atoms with Crippen molar-refractivity contribution in [3.05, 3.63) is 84.1 Å². The molecule has 3 aromatic carbocycles. The van der Waals surface area contributed by atoms with Crippen LogP contribution in [0.3, 0.4) is 0 Å².